The van der Waals surface area contributed by atoms with Gasteiger partial charge in [0.25, 0.3) is 5.91 Å². The molecule has 4 aromatic rings. The van der Waals surface area contributed by atoms with Crippen LogP contribution in [0.4, 0.5) is 0 Å². The fraction of sp³-hybridized carbons (Fsp3) is 0.333. The standard InChI is InChI=1S/C39H40Cl2N4O7S/c1-53(50,51)44-31-15-7-8-16-32(31)45-36(29-19-18-25(40)23-30(29)41)35(27-13-5-6-14-28(27)38(45)47)37(46)42-21-20-26-12-9-17-34(43-26)52-33(39(48)49)22-24-10-3-2-4-11-24/h2-6,9-14,17-19,23,31-33,35-36,44H,7-8,15-16,20-22H2,1H3,(H,42,46)(H,48,49)/p-1. The molecule has 5 unspecified atom stereocenters. The van der Waals surface area contributed by atoms with E-state index in [4.69, 9.17) is 27.9 Å². The van der Waals surface area contributed by atoms with Crippen LogP contribution >= 0.6 is 23.2 Å². The highest BCUT2D eigenvalue weighted by Crippen LogP contribution is 2.48. The lowest BCUT2D eigenvalue weighted by Crippen LogP contribution is -2.59. The Morgan fingerprint density at radius 3 is 2.43 bits per heavy atom. The summed E-state index contributed by atoms with van der Waals surface area (Å²) in [5, 5.41) is 15.6. The minimum absolute atomic E-state index is 0.0955. The van der Waals surface area contributed by atoms with Crippen molar-refractivity contribution in [1.29, 1.82) is 0 Å². The maximum Gasteiger partial charge on any atom is 0.255 e. The second kappa shape index (κ2) is 16.7. The molecule has 1 aliphatic carbocycles. The quantitative estimate of drug-likeness (QED) is 0.199. The van der Waals surface area contributed by atoms with Crippen LogP contribution in [-0.4, -0.2) is 67.1 Å². The number of halogens is 2. The number of aliphatic carboxylic acids is 1. The third kappa shape index (κ3) is 9.18. The lowest BCUT2D eigenvalue weighted by molar-refractivity contribution is -0.313. The van der Waals surface area contributed by atoms with Crippen molar-refractivity contribution in [1.82, 2.24) is 19.9 Å². The van der Waals surface area contributed by atoms with Gasteiger partial charge in [0, 0.05) is 58.8 Å². The van der Waals surface area contributed by atoms with Crippen LogP contribution in [0.5, 0.6) is 5.88 Å². The molecule has 2 heterocycles. The van der Waals surface area contributed by atoms with Gasteiger partial charge in [0.15, 0.2) is 0 Å². The van der Waals surface area contributed by atoms with Gasteiger partial charge in [-0.3, -0.25) is 9.59 Å². The van der Waals surface area contributed by atoms with Crippen LogP contribution in [0.15, 0.2) is 91.0 Å². The molecule has 2 aliphatic rings. The van der Waals surface area contributed by atoms with Gasteiger partial charge in [-0.25, -0.2) is 18.1 Å². The van der Waals surface area contributed by atoms with Crippen LogP contribution in [0.25, 0.3) is 0 Å². The lowest BCUT2D eigenvalue weighted by Gasteiger charge is -2.49. The molecule has 14 heteroatoms. The third-order valence-electron chi connectivity index (χ3n) is 9.64. The van der Waals surface area contributed by atoms with E-state index in [0.29, 0.717) is 40.2 Å². The predicted molar refractivity (Wildman–Crippen MR) is 199 cm³/mol. The molecule has 1 aromatic heterocycles. The zero-order valence-corrected chi connectivity index (χ0v) is 31.2. The van der Waals surface area contributed by atoms with Crippen LogP contribution in [0, 0.1) is 0 Å². The molecule has 2 amide bonds. The first-order valence-electron chi connectivity index (χ1n) is 17.4. The van der Waals surface area contributed by atoms with E-state index in [9.17, 15) is 27.9 Å². The number of ether oxygens (including phenoxy) is 1. The normalized spacial score (nSPS) is 20.7. The lowest BCUT2D eigenvalue weighted by atomic mass is 9.76. The first-order valence-corrected chi connectivity index (χ1v) is 20.0. The van der Waals surface area contributed by atoms with E-state index in [1.165, 1.54) is 0 Å². The van der Waals surface area contributed by atoms with Crippen LogP contribution in [0.3, 0.4) is 0 Å². The highest BCUT2D eigenvalue weighted by atomic mass is 35.5. The smallest absolute Gasteiger partial charge is 0.255 e. The number of nitrogens with zero attached hydrogens (tertiary/aromatic N) is 2. The molecule has 3 aromatic carbocycles. The molecule has 0 radical (unpaired) electrons. The molecular formula is C39H39Cl2N4O7S-. The van der Waals surface area contributed by atoms with Gasteiger partial charge in [0.05, 0.1) is 24.2 Å². The van der Waals surface area contributed by atoms with Crippen LogP contribution in [0.2, 0.25) is 10.0 Å². The summed E-state index contributed by atoms with van der Waals surface area (Å²) in [6, 6.07) is 23.9. The van der Waals surface area contributed by atoms with Gasteiger partial charge < -0.3 is 24.9 Å². The number of benzene rings is 3. The number of carbonyl (C=O) groups is 3. The molecular weight excluding hydrogens is 739 g/mol. The number of aromatic nitrogens is 1. The number of sulfonamides is 1. The Morgan fingerprint density at radius 1 is 0.962 bits per heavy atom. The minimum atomic E-state index is -3.62. The van der Waals surface area contributed by atoms with Gasteiger partial charge in [-0.05, 0) is 53.8 Å². The Morgan fingerprint density at radius 2 is 1.70 bits per heavy atom. The van der Waals surface area contributed by atoms with Crippen molar-refractivity contribution in [2.24, 2.45) is 0 Å². The van der Waals surface area contributed by atoms with Crippen molar-refractivity contribution in [2.75, 3.05) is 12.8 Å². The van der Waals surface area contributed by atoms with E-state index in [1.54, 1.807) is 77.7 Å². The van der Waals surface area contributed by atoms with E-state index in [2.05, 4.69) is 15.0 Å². The second-order valence-electron chi connectivity index (χ2n) is 13.4. The number of carbonyl (C=O) groups excluding carboxylic acids is 3. The Balaban J connectivity index is 1.28. The fourth-order valence-corrected chi connectivity index (χ4v) is 8.71. The first kappa shape index (κ1) is 38.2. The van der Waals surface area contributed by atoms with Crippen molar-refractivity contribution in [3.63, 3.8) is 0 Å². The summed E-state index contributed by atoms with van der Waals surface area (Å²) in [6.07, 6.45) is 2.80. The zero-order chi connectivity index (χ0) is 37.7. The van der Waals surface area contributed by atoms with Gasteiger partial charge in [0.1, 0.15) is 6.10 Å². The van der Waals surface area contributed by atoms with Crippen molar-refractivity contribution >= 4 is 51.0 Å². The predicted octanol–water partition coefficient (Wildman–Crippen LogP) is 4.63. The largest absolute Gasteiger partial charge is 0.546 e. The summed E-state index contributed by atoms with van der Waals surface area (Å²) in [5.41, 5.74) is 2.70. The average molecular weight is 779 g/mol. The Hall–Kier alpha value is -4.49. The van der Waals surface area contributed by atoms with Crippen molar-refractivity contribution in [3.05, 3.63) is 129 Å². The number of pyridine rings is 1. The number of fused-ring (bicyclic) bond motifs is 1. The molecule has 6 rings (SSSR count). The number of hydrogen-bond acceptors (Lipinski definition) is 8. The van der Waals surface area contributed by atoms with Crippen LogP contribution in [0.1, 0.15) is 70.4 Å². The first-order chi connectivity index (χ1) is 25.4. The summed E-state index contributed by atoms with van der Waals surface area (Å²) in [5.74, 6) is -2.88. The molecule has 278 valence electrons. The molecule has 1 saturated carbocycles. The number of carboxylic acids is 1. The van der Waals surface area contributed by atoms with Gasteiger partial charge in [0.2, 0.25) is 21.8 Å². The summed E-state index contributed by atoms with van der Waals surface area (Å²) < 4.78 is 33.4. The van der Waals surface area contributed by atoms with Gasteiger partial charge in [-0.2, -0.15) is 0 Å². The Bertz CT molecular complexity index is 2090. The number of nitrogens with one attached hydrogen (secondary N) is 2. The second-order valence-corrected chi connectivity index (χ2v) is 16.0. The van der Waals surface area contributed by atoms with E-state index in [0.717, 1.165) is 24.7 Å². The topological polar surface area (TPSA) is 158 Å². The summed E-state index contributed by atoms with van der Waals surface area (Å²) in [6.45, 7) is 0.151. The molecule has 0 bridgehead atoms. The molecule has 0 saturated heterocycles. The number of amides is 2. The number of rotatable bonds is 13. The highest BCUT2D eigenvalue weighted by molar-refractivity contribution is 7.88. The van der Waals surface area contributed by atoms with Gasteiger partial charge >= 0.3 is 0 Å². The minimum Gasteiger partial charge on any atom is -0.546 e. The van der Waals surface area contributed by atoms with Gasteiger partial charge in [-0.15, -0.1) is 0 Å². The van der Waals surface area contributed by atoms with Crippen molar-refractivity contribution < 1.29 is 32.6 Å². The summed E-state index contributed by atoms with van der Waals surface area (Å²) in [4.78, 5) is 47.0. The molecule has 2 N–H and O–H groups in total. The number of hydrogen-bond donors (Lipinski definition) is 2. The maximum atomic E-state index is 14.5. The summed E-state index contributed by atoms with van der Waals surface area (Å²) >= 11 is 13.1. The van der Waals surface area contributed by atoms with Gasteiger partial charge in [-0.1, -0.05) is 96.7 Å². The molecule has 5 atom stereocenters. The van der Waals surface area contributed by atoms with Crippen LogP contribution < -0.4 is 19.9 Å². The van der Waals surface area contributed by atoms with Crippen molar-refractivity contribution in [2.45, 2.75) is 68.7 Å². The Labute approximate surface area is 318 Å². The molecule has 1 fully saturated rings. The van der Waals surface area contributed by atoms with Crippen LogP contribution in [-0.2, 0) is 32.5 Å². The van der Waals surface area contributed by atoms with E-state index >= 15 is 0 Å². The average Bonchev–Trinajstić information content (AvgIpc) is 3.12. The molecule has 0 spiro atoms. The summed E-state index contributed by atoms with van der Waals surface area (Å²) in [7, 11) is -3.62. The van der Waals surface area contributed by atoms with E-state index in [1.807, 2.05) is 18.2 Å². The van der Waals surface area contributed by atoms with E-state index in [-0.39, 0.29) is 42.1 Å². The molecule has 11 nitrogen and oxygen atoms in total. The Kier molecular flexibility index (Phi) is 12.0. The molecule has 1 aliphatic heterocycles. The number of carboxylic acid groups (broad SMARTS) is 1. The maximum absolute atomic E-state index is 14.5. The highest BCUT2D eigenvalue weighted by Gasteiger charge is 2.49. The van der Waals surface area contributed by atoms with E-state index < -0.39 is 46.1 Å². The monoisotopic (exact) mass is 777 g/mol. The SMILES string of the molecule is CS(=O)(=O)NC1CCCCC1N1C(=O)c2ccccc2C(C(=O)NCCc2cccc(OC(Cc3ccccc3)C(=O)[O-])n2)C1c1ccc(Cl)cc1Cl. The fourth-order valence-electron chi connectivity index (χ4n) is 7.36. The van der Waals surface area contributed by atoms with Crippen molar-refractivity contribution in [3.8, 4) is 5.88 Å². The zero-order valence-electron chi connectivity index (χ0n) is 28.9. The molecule has 53 heavy (non-hydrogen) atoms. The third-order valence-corrected chi connectivity index (χ3v) is 10.9.